The third kappa shape index (κ3) is 4.09. The fraction of sp³-hybridized carbons (Fsp3) is 0.389. The van der Waals surface area contributed by atoms with Crippen LogP contribution < -0.4 is 5.32 Å². The highest BCUT2D eigenvalue weighted by molar-refractivity contribution is 6.02. The Hall–Kier alpha value is -1.83. The Morgan fingerprint density at radius 3 is 2.55 bits per heavy atom. The summed E-state index contributed by atoms with van der Waals surface area (Å²) in [5.74, 6) is 0.123. The normalized spacial score (nSPS) is 10.7. The maximum Gasteiger partial charge on any atom is 0.224 e. The van der Waals surface area contributed by atoms with Gasteiger partial charge in [0.15, 0.2) is 0 Å². The molecule has 2 rings (SSSR count). The number of rotatable bonds is 7. The van der Waals surface area contributed by atoms with Crippen molar-refractivity contribution < 1.29 is 4.79 Å². The van der Waals surface area contributed by atoms with E-state index in [0.717, 1.165) is 29.3 Å². The van der Waals surface area contributed by atoms with Gasteiger partial charge in [-0.25, -0.2) is 0 Å². The summed E-state index contributed by atoms with van der Waals surface area (Å²) in [6, 6.07) is 14.2. The first-order chi connectivity index (χ1) is 9.81. The van der Waals surface area contributed by atoms with Crippen LogP contribution in [0.25, 0.3) is 10.8 Å². The number of amides is 1. The molecular formula is C18H23NO. The Kier molecular flexibility index (Phi) is 5.60. The molecule has 0 saturated carbocycles. The largest absolute Gasteiger partial charge is 0.326 e. The molecule has 1 amide bonds. The van der Waals surface area contributed by atoms with E-state index in [9.17, 15) is 4.79 Å². The Morgan fingerprint density at radius 2 is 1.70 bits per heavy atom. The van der Waals surface area contributed by atoms with Gasteiger partial charge in [0.1, 0.15) is 0 Å². The molecular weight excluding hydrogens is 246 g/mol. The molecule has 0 aromatic heterocycles. The van der Waals surface area contributed by atoms with Crippen LogP contribution in [0, 0.1) is 0 Å². The van der Waals surface area contributed by atoms with Gasteiger partial charge in [-0.1, -0.05) is 69.0 Å². The van der Waals surface area contributed by atoms with Crippen molar-refractivity contribution in [3.63, 3.8) is 0 Å². The molecule has 0 radical (unpaired) electrons. The van der Waals surface area contributed by atoms with Crippen LogP contribution in [0.15, 0.2) is 42.5 Å². The van der Waals surface area contributed by atoms with Crippen molar-refractivity contribution in [2.45, 2.75) is 45.4 Å². The molecule has 0 saturated heterocycles. The van der Waals surface area contributed by atoms with Crippen LogP contribution in [0.1, 0.15) is 45.4 Å². The van der Waals surface area contributed by atoms with Gasteiger partial charge in [-0.2, -0.15) is 0 Å². The number of anilines is 1. The number of unbranched alkanes of at least 4 members (excludes halogenated alkanes) is 4. The predicted molar refractivity (Wildman–Crippen MR) is 86.0 cm³/mol. The third-order valence-corrected chi connectivity index (χ3v) is 3.57. The Labute approximate surface area is 121 Å². The number of fused-ring (bicyclic) bond motifs is 1. The van der Waals surface area contributed by atoms with Crippen molar-refractivity contribution in [1.82, 2.24) is 0 Å². The number of hydrogen-bond donors (Lipinski definition) is 1. The van der Waals surface area contributed by atoms with E-state index in [1.807, 2.05) is 30.3 Å². The van der Waals surface area contributed by atoms with Crippen molar-refractivity contribution in [2.24, 2.45) is 0 Å². The second-order valence-corrected chi connectivity index (χ2v) is 5.24. The quantitative estimate of drug-likeness (QED) is 0.693. The minimum Gasteiger partial charge on any atom is -0.326 e. The number of carbonyl (C=O) groups is 1. The van der Waals surface area contributed by atoms with Gasteiger partial charge in [-0.05, 0) is 17.9 Å². The molecule has 2 aromatic carbocycles. The molecule has 1 N–H and O–H groups in total. The van der Waals surface area contributed by atoms with E-state index in [2.05, 4.69) is 24.4 Å². The summed E-state index contributed by atoms with van der Waals surface area (Å²) in [5.41, 5.74) is 0.918. The van der Waals surface area contributed by atoms with Gasteiger partial charge in [0.2, 0.25) is 5.91 Å². The summed E-state index contributed by atoms with van der Waals surface area (Å²) in [4.78, 5) is 12.0. The molecule has 0 bridgehead atoms. The van der Waals surface area contributed by atoms with Gasteiger partial charge in [0, 0.05) is 17.5 Å². The van der Waals surface area contributed by atoms with Crippen LogP contribution in [0.3, 0.4) is 0 Å². The monoisotopic (exact) mass is 269 g/mol. The number of benzene rings is 2. The second kappa shape index (κ2) is 7.68. The summed E-state index contributed by atoms with van der Waals surface area (Å²) in [5, 5.41) is 5.30. The van der Waals surface area contributed by atoms with Gasteiger partial charge in [-0.15, -0.1) is 0 Å². The summed E-state index contributed by atoms with van der Waals surface area (Å²) >= 11 is 0. The predicted octanol–water partition coefficient (Wildman–Crippen LogP) is 5.14. The SMILES string of the molecule is CCCCCCCC(=O)Nc1cccc2ccccc12. The van der Waals surface area contributed by atoms with Crippen molar-refractivity contribution in [2.75, 3.05) is 5.32 Å². The van der Waals surface area contributed by atoms with Crippen LogP contribution >= 0.6 is 0 Å². The lowest BCUT2D eigenvalue weighted by molar-refractivity contribution is -0.116. The number of hydrogen-bond acceptors (Lipinski definition) is 1. The molecule has 0 heterocycles. The number of carbonyl (C=O) groups excluding carboxylic acids is 1. The maximum absolute atomic E-state index is 12.0. The molecule has 0 unspecified atom stereocenters. The van der Waals surface area contributed by atoms with E-state index < -0.39 is 0 Å². The van der Waals surface area contributed by atoms with Crippen LogP contribution in [0.5, 0.6) is 0 Å². The maximum atomic E-state index is 12.0. The van der Waals surface area contributed by atoms with E-state index in [1.54, 1.807) is 0 Å². The van der Waals surface area contributed by atoms with Gasteiger partial charge < -0.3 is 5.32 Å². The van der Waals surface area contributed by atoms with E-state index in [4.69, 9.17) is 0 Å². The molecule has 0 fully saturated rings. The third-order valence-electron chi connectivity index (χ3n) is 3.57. The fourth-order valence-electron chi connectivity index (χ4n) is 2.44. The summed E-state index contributed by atoms with van der Waals surface area (Å²) in [6.07, 6.45) is 6.49. The molecule has 2 heteroatoms. The zero-order valence-electron chi connectivity index (χ0n) is 12.2. The van der Waals surface area contributed by atoms with Gasteiger partial charge in [0.25, 0.3) is 0 Å². The molecule has 0 atom stereocenters. The molecule has 2 aromatic rings. The van der Waals surface area contributed by atoms with E-state index in [0.29, 0.717) is 6.42 Å². The molecule has 0 spiro atoms. The van der Waals surface area contributed by atoms with E-state index in [-0.39, 0.29) is 5.91 Å². The first-order valence-electron chi connectivity index (χ1n) is 7.59. The van der Waals surface area contributed by atoms with Gasteiger partial charge >= 0.3 is 0 Å². The van der Waals surface area contributed by atoms with E-state index in [1.165, 1.54) is 19.3 Å². The van der Waals surface area contributed by atoms with Crippen molar-refractivity contribution in [3.8, 4) is 0 Å². The topological polar surface area (TPSA) is 29.1 Å². The van der Waals surface area contributed by atoms with Crippen LogP contribution in [-0.2, 0) is 4.79 Å². The molecule has 0 aliphatic heterocycles. The van der Waals surface area contributed by atoms with Crippen molar-refractivity contribution in [1.29, 1.82) is 0 Å². The average molecular weight is 269 g/mol. The van der Waals surface area contributed by atoms with Crippen LogP contribution in [0.4, 0.5) is 5.69 Å². The highest BCUT2D eigenvalue weighted by atomic mass is 16.1. The number of nitrogens with one attached hydrogen (secondary N) is 1. The second-order valence-electron chi connectivity index (χ2n) is 5.24. The highest BCUT2D eigenvalue weighted by Crippen LogP contribution is 2.23. The summed E-state index contributed by atoms with van der Waals surface area (Å²) in [7, 11) is 0. The highest BCUT2D eigenvalue weighted by Gasteiger charge is 2.05. The molecule has 0 aliphatic carbocycles. The minimum absolute atomic E-state index is 0.123. The Balaban J connectivity index is 1.90. The smallest absolute Gasteiger partial charge is 0.224 e. The lowest BCUT2D eigenvalue weighted by atomic mass is 10.1. The average Bonchev–Trinajstić information content (AvgIpc) is 2.47. The molecule has 0 aliphatic rings. The minimum atomic E-state index is 0.123. The van der Waals surface area contributed by atoms with E-state index >= 15 is 0 Å². The van der Waals surface area contributed by atoms with Crippen molar-refractivity contribution >= 4 is 22.4 Å². The lowest BCUT2D eigenvalue weighted by Gasteiger charge is -2.08. The zero-order valence-corrected chi connectivity index (χ0v) is 12.2. The van der Waals surface area contributed by atoms with Crippen LogP contribution in [-0.4, -0.2) is 5.91 Å². The van der Waals surface area contributed by atoms with Gasteiger partial charge in [-0.3, -0.25) is 4.79 Å². The molecule has 106 valence electrons. The molecule has 20 heavy (non-hydrogen) atoms. The van der Waals surface area contributed by atoms with Crippen molar-refractivity contribution in [3.05, 3.63) is 42.5 Å². The first kappa shape index (κ1) is 14.6. The van der Waals surface area contributed by atoms with Gasteiger partial charge in [0.05, 0.1) is 0 Å². The molecule has 2 nitrogen and oxygen atoms in total. The summed E-state index contributed by atoms with van der Waals surface area (Å²) < 4.78 is 0. The Morgan fingerprint density at radius 1 is 0.950 bits per heavy atom. The zero-order chi connectivity index (χ0) is 14.2. The Bertz CT molecular complexity index is 557. The summed E-state index contributed by atoms with van der Waals surface area (Å²) in [6.45, 7) is 2.20. The lowest BCUT2D eigenvalue weighted by Crippen LogP contribution is -2.11. The standard InChI is InChI=1S/C18H23NO/c1-2-3-4-5-6-14-18(20)19-17-13-9-11-15-10-7-8-12-16(15)17/h7-13H,2-6,14H2,1H3,(H,19,20). The van der Waals surface area contributed by atoms with Crippen LogP contribution in [0.2, 0.25) is 0 Å². The first-order valence-corrected chi connectivity index (χ1v) is 7.59. The fourth-order valence-corrected chi connectivity index (χ4v) is 2.44.